The van der Waals surface area contributed by atoms with Crippen LogP contribution in [-0.4, -0.2) is 42.7 Å². The van der Waals surface area contributed by atoms with Gasteiger partial charge in [0.05, 0.1) is 5.56 Å². The van der Waals surface area contributed by atoms with Gasteiger partial charge in [-0.15, -0.1) is 0 Å². The number of benzene rings is 1. The summed E-state index contributed by atoms with van der Waals surface area (Å²) in [6.07, 6.45) is 1.11. The van der Waals surface area contributed by atoms with Crippen LogP contribution in [0, 0.1) is 5.92 Å². The van der Waals surface area contributed by atoms with Gasteiger partial charge in [0, 0.05) is 23.6 Å². The average Bonchev–Trinajstić information content (AvgIpc) is 2.35. The van der Waals surface area contributed by atoms with Crippen molar-refractivity contribution in [3.8, 4) is 0 Å². The summed E-state index contributed by atoms with van der Waals surface area (Å²) in [6, 6.07) is 5.59. The van der Waals surface area contributed by atoms with E-state index in [1.165, 1.54) is 0 Å². The van der Waals surface area contributed by atoms with E-state index in [2.05, 4.69) is 54.1 Å². The van der Waals surface area contributed by atoms with Gasteiger partial charge < -0.3 is 15.3 Å². The monoisotopic (exact) mass is 356 g/mol. The number of aromatic carboxylic acids is 1. The van der Waals surface area contributed by atoms with Crippen molar-refractivity contribution < 1.29 is 9.90 Å². The fourth-order valence-corrected chi connectivity index (χ4v) is 2.83. The van der Waals surface area contributed by atoms with Gasteiger partial charge in [-0.2, -0.15) is 0 Å². The van der Waals surface area contributed by atoms with E-state index in [0.29, 0.717) is 17.5 Å². The highest BCUT2D eigenvalue weighted by atomic mass is 79.9. The van der Waals surface area contributed by atoms with E-state index in [1.807, 2.05) is 6.07 Å². The predicted octanol–water partition coefficient (Wildman–Crippen LogP) is 3.21. The van der Waals surface area contributed by atoms with E-state index in [0.717, 1.165) is 29.5 Å². The maximum Gasteiger partial charge on any atom is 0.335 e. The molecular weight excluding hydrogens is 332 g/mol. The molecule has 1 atom stereocenters. The number of likely N-dealkylation sites (N-methyl/N-ethyl adjacent to an activating group) is 1. The molecule has 2 N–H and O–H groups in total. The van der Waals surface area contributed by atoms with Crippen LogP contribution in [0.15, 0.2) is 22.7 Å². The lowest BCUT2D eigenvalue weighted by Gasteiger charge is -2.24. The first-order valence-corrected chi connectivity index (χ1v) is 7.98. The molecule has 0 fully saturated rings. The van der Waals surface area contributed by atoms with E-state index >= 15 is 0 Å². The first-order chi connectivity index (χ1) is 9.79. The number of rotatable bonds is 8. The molecule has 0 saturated heterocycles. The molecule has 1 rings (SSSR count). The third kappa shape index (κ3) is 6.59. The Balaban J connectivity index is 2.68. The number of nitrogens with one attached hydrogen (secondary N) is 1. The summed E-state index contributed by atoms with van der Waals surface area (Å²) in [4.78, 5) is 13.1. The van der Waals surface area contributed by atoms with E-state index in [9.17, 15) is 4.79 Å². The van der Waals surface area contributed by atoms with Crippen molar-refractivity contribution in [2.45, 2.75) is 32.9 Å². The maximum atomic E-state index is 10.9. The summed E-state index contributed by atoms with van der Waals surface area (Å²) in [7, 11) is 4.15. The Kier molecular flexibility index (Phi) is 7.35. The third-order valence-electron chi connectivity index (χ3n) is 3.22. The van der Waals surface area contributed by atoms with Gasteiger partial charge in [-0.1, -0.05) is 35.8 Å². The molecule has 0 amide bonds. The third-order valence-corrected chi connectivity index (χ3v) is 3.96. The summed E-state index contributed by atoms with van der Waals surface area (Å²) >= 11 is 3.45. The number of carboxylic acid groups (broad SMARTS) is 1. The summed E-state index contributed by atoms with van der Waals surface area (Å²) < 4.78 is 0.836. The summed E-state index contributed by atoms with van der Waals surface area (Å²) in [6.45, 7) is 6.17. The summed E-state index contributed by atoms with van der Waals surface area (Å²) in [5.74, 6) is -0.263. The van der Waals surface area contributed by atoms with Crippen LogP contribution in [0.25, 0.3) is 0 Å². The minimum absolute atomic E-state index is 0.303. The molecule has 0 aliphatic rings. The zero-order valence-electron chi connectivity index (χ0n) is 13.2. The van der Waals surface area contributed by atoms with Crippen molar-refractivity contribution in [1.29, 1.82) is 0 Å². The highest BCUT2D eigenvalue weighted by Gasteiger charge is 2.13. The second-order valence-corrected chi connectivity index (χ2v) is 6.94. The summed E-state index contributed by atoms with van der Waals surface area (Å²) in [5, 5.41) is 12.5. The van der Waals surface area contributed by atoms with Crippen LogP contribution in [0.1, 0.15) is 36.2 Å². The number of hydrogen-bond donors (Lipinski definition) is 2. The molecule has 1 aromatic carbocycles. The molecule has 0 aliphatic carbocycles. The van der Waals surface area contributed by atoms with Crippen LogP contribution >= 0.6 is 15.9 Å². The molecule has 0 aliphatic heterocycles. The van der Waals surface area contributed by atoms with Crippen LogP contribution in [0.4, 0.5) is 0 Å². The molecule has 118 valence electrons. The Morgan fingerprint density at radius 1 is 1.38 bits per heavy atom. The van der Waals surface area contributed by atoms with Gasteiger partial charge in [-0.05, 0) is 44.1 Å². The van der Waals surface area contributed by atoms with Gasteiger partial charge in [0.25, 0.3) is 0 Å². The lowest BCUT2D eigenvalue weighted by molar-refractivity contribution is 0.0697. The molecule has 0 spiro atoms. The molecule has 0 aromatic heterocycles. The lowest BCUT2D eigenvalue weighted by atomic mass is 10.0. The Hall–Kier alpha value is -0.910. The van der Waals surface area contributed by atoms with Crippen molar-refractivity contribution in [1.82, 2.24) is 10.2 Å². The Labute approximate surface area is 135 Å². The fraction of sp³-hybridized carbons (Fsp3) is 0.562. The van der Waals surface area contributed by atoms with Crippen LogP contribution in [0.5, 0.6) is 0 Å². The van der Waals surface area contributed by atoms with Crippen LogP contribution in [0.2, 0.25) is 0 Å². The first kappa shape index (κ1) is 18.1. The van der Waals surface area contributed by atoms with Crippen molar-refractivity contribution in [3.63, 3.8) is 0 Å². The zero-order chi connectivity index (χ0) is 16.0. The van der Waals surface area contributed by atoms with Crippen molar-refractivity contribution in [2.24, 2.45) is 5.92 Å². The van der Waals surface area contributed by atoms with Gasteiger partial charge in [-0.25, -0.2) is 4.79 Å². The molecule has 21 heavy (non-hydrogen) atoms. The van der Waals surface area contributed by atoms with Crippen molar-refractivity contribution in [3.05, 3.63) is 33.8 Å². The minimum atomic E-state index is -0.902. The largest absolute Gasteiger partial charge is 0.478 e. The number of halogens is 1. The Morgan fingerprint density at radius 3 is 2.52 bits per heavy atom. The second-order valence-electron chi connectivity index (χ2n) is 6.08. The topological polar surface area (TPSA) is 52.6 Å². The molecule has 0 radical (unpaired) electrons. The SMILES string of the molecule is CC(C)CC(CN(C)C)NCc1ccc(C(=O)O)cc1Br. The van der Waals surface area contributed by atoms with E-state index in [1.54, 1.807) is 12.1 Å². The molecule has 0 heterocycles. The van der Waals surface area contributed by atoms with Crippen LogP contribution in [0.3, 0.4) is 0 Å². The maximum absolute atomic E-state index is 10.9. The van der Waals surface area contributed by atoms with Gasteiger partial charge in [0.1, 0.15) is 0 Å². The average molecular weight is 357 g/mol. The smallest absolute Gasteiger partial charge is 0.335 e. The minimum Gasteiger partial charge on any atom is -0.478 e. The number of hydrogen-bond acceptors (Lipinski definition) is 3. The van der Waals surface area contributed by atoms with Gasteiger partial charge in [0.15, 0.2) is 0 Å². The van der Waals surface area contributed by atoms with Crippen molar-refractivity contribution >= 4 is 21.9 Å². The van der Waals surface area contributed by atoms with Gasteiger partial charge in [-0.3, -0.25) is 0 Å². The van der Waals surface area contributed by atoms with E-state index < -0.39 is 5.97 Å². The lowest BCUT2D eigenvalue weighted by Crippen LogP contribution is -2.38. The van der Waals surface area contributed by atoms with E-state index in [-0.39, 0.29) is 0 Å². The Morgan fingerprint density at radius 2 is 2.05 bits per heavy atom. The number of carbonyl (C=O) groups is 1. The summed E-state index contributed by atoms with van der Waals surface area (Å²) in [5.41, 5.74) is 1.38. The molecule has 1 unspecified atom stereocenters. The van der Waals surface area contributed by atoms with Gasteiger partial charge >= 0.3 is 5.97 Å². The highest BCUT2D eigenvalue weighted by molar-refractivity contribution is 9.10. The van der Waals surface area contributed by atoms with Crippen molar-refractivity contribution in [2.75, 3.05) is 20.6 Å². The highest BCUT2D eigenvalue weighted by Crippen LogP contribution is 2.19. The molecule has 0 bridgehead atoms. The van der Waals surface area contributed by atoms with Crippen LogP contribution < -0.4 is 5.32 Å². The van der Waals surface area contributed by atoms with Gasteiger partial charge in [0.2, 0.25) is 0 Å². The fourth-order valence-electron chi connectivity index (χ4n) is 2.31. The number of carboxylic acids is 1. The van der Waals surface area contributed by atoms with Crippen LogP contribution in [-0.2, 0) is 6.54 Å². The quantitative estimate of drug-likeness (QED) is 0.750. The standard InChI is InChI=1S/C16H25BrN2O2/c1-11(2)7-14(10-19(3)4)18-9-13-6-5-12(16(20)21)8-15(13)17/h5-6,8,11,14,18H,7,9-10H2,1-4H3,(H,20,21). The predicted molar refractivity (Wildman–Crippen MR) is 89.7 cm³/mol. The molecule has 4 nitrogen and oxygen atoms in total. The normalized spacial score (nSPS) is 12.9. The second kappa shape index (κ2) is 8.51. The first-order valence-electron chi connectivity index (χ1n) is 7.19. The zero-order valence-corrected chi connectivity index (χ0v) is 14.8. The molecular formula is C16H25BrN2O2. The molecule has 1 aromatic rings. The number of nitrogens with zero attached hydrogens (tertiary/aromatic N) is 1. The van der Waals surface area contributed by atoms with E-state index in [4.69, 9.17) is 5.11 Å². The Bertz CT molecular complexity index is 465. The molecule has 0 saturated carbocycles. The molecule has 5 heteroatoms.